The van der Waals surface area contributed by atoms with Crippen molar-refractivity contribution in [3.8, 4) is 11.6 Å². The summed E-state index contributed by atoms with van der Waals surface area (Å²) in [6.07, 6.45) is 3.28. The van der Waals surface area contributed by atoms with Crippen molar-refractivity contribution >= 4 is 22.9 Å². The van der Waals surface area contributed by atoms with Crippen molar-refractivity contribution in [1.29, 1.82) is 0 Å². The maximum absolute atomic E-state index is 13.1. The third-order valence-electron chi connectivity index (χ3n) is 6.11. The van der Waals surface area contributed by atoms with Gasteiger partial charge in [-0.15, -0.1) is 0 Å². The summed E-state index contributed by atoms with van der Waals surface area (Å²) in [5, 5.41) is 7.68. The van der Waals surface area contributed by atoms with Crippen molar-refractivity contribution in [2.75, 3.05) is 5.32 Å². The van der Waals surface area contributed by atoms with E-state index in [9.17, 15) is 9.18 Å². The van der Waals surface area contributed by atoms with Crippen LogP contribution < -0.4 is 10.1 Å². The molecule has 1 aliphatic rings. The second-order valence-electron chi connectivity index (χ2n) is 8.35. The Balaban J connectivity index is 1.31. The quantitative estimate of drug-likeness (QED) is 0.402. The van der Waals surface area contributed by atoms with Crippen LogP contribution in [0.4, 0.5) is 10.2 Å². The normalized spacial score (nSPS) is 15.1. The first-order valence-corrected chi connectivity index (χ1v) is 11.1. The first-order valence-electron chi connectivity index (χ1n) is 11.1. The number of aromatic nitrogens is 6. The summed E-state index contributed by atoms with van der Waals surface area (Å²) in [7, 11) is 0. The van der Waals surface area contributed by atoms with Crippen molar-refractivity contribution in [2.24, 2.45) is 0 Å². The molecule has 3 aromatic heterocycles. The van der Waals surface area contributed by atoms with Crippen LogP contribution in [0.2, 0.25) is 0 Å². The molecule has 0 saturated heterocycles. The zero-order chi connectivity index (χ0) is 23.9. The summed E-state index contributed by atoms with van der Waals surface area (Å²) in [6.45, 7) is 2.26. The van der Waals surface area contributed by atoms with Crippen LogP contribution >= 0.6 is 0 Å². The summed E-state index contributed by atoms with van der Waals surface area (Å²) >= 11 is 0. The molecule has 6 rings (SSSR count). The summed E-state index contributed by atoms with van der Waals surface area (Å²) in [4.78, 5) is 28.5. The van der Waals surface area contributed by atoms with E-state index in [-0.39, 0.29) is 17.6 Å². The highest BCUT2D eigenvalue weighted by molar-refractivity contribution is 5.95. The number of rotatable bonds is 5. The molecule has 0 bridgehead atoms. The number of imidazole rings is 1. The first kappa shape index (κ1) is 21.0. The Bertz CT molecular complexity index is 1540. The van der Waals surface area contributed by atoms with Crippen LogP contribution in [0.15, 0.2) is 61.2 Å². The minimum atomic E-state index is -0.277. The Morgan fingerprint density at radius 3 is 2.69 bits per heavy atom. The number of aromatic amines is 1. The molecule has 2 aromatic carbocycles. The number of fused-ring (bicyclic) bond motifs is 2. The van der Waals surface area contributed by atoms with Crippen LogP contribution in [0.3, 0.4) is 0 Å². The fourth-order valence-electron chi connectivity index (χ4n) is 4.44. The molecule has 1 aliphatic heterocycles. The Labute approximate surface area is 199 Å². The van der Waals surface area contributed by atoms with E-state index in [4.69, 9.17) is 9.84 Å². The molecule has 0 aliphatic carbocycles. The smallest absolute Gasteiger partial charge is 0.226 e. The lowest BCUT2D eigenvalue weighted by atomic mass is 9.86. The molecule has 9 nitrogen and oxygen atoms in total. The lowest BCUT2D eigenvalue weighted by Crippen LogP contribution is -2.25. The summed E-state index contributed by atoms with van der Waals surface area (Å²) < 4.78 is 20.6. The third-order valence-corrected chi connectivity index (χ3v) is 6.11. The maximum atomic E-state index is 13.1. The zero-order valence-corrected chi connectivity index (χ0v) is 18.7. The molecule has 174 valence electrons. The molecule has 0 radical (unpaired) electrons. The van der Waals surface area contributed by atoms with Gasteiger partial charge in [0.15, 0.2) is 11.5 Å². The van der Waals surface area contributed by atoms with Crippen molar-refractivity contribution in [1.82, 2.24) is 29.7 Å². The van der Waals surface area contributed by atoms with Crippen molar-refractivity contribution in [3.63, 3.8) is 0 Å². The number of benzene rings is 2. The molecule has 0 unspecified atom stereocenters. The maximum Gasteiger partial charge on any atom is 0.226 e. The SMILES string of the molecule is Cc1nn(-c2ncnc3nc[nH]c23)c2c1[C@H](c1ccc(OCc3ccc(F)cc3)cc1)CC(=O)N2. The summed E-state index contributed by atoms with van der Waals surface area (Å²) in [5.41, 5.74) is 4.75. The molecule has 10 heteroatoms. The van der Waals surface area contributed by atoms with Gasteiger partial charge in [0.05, 0.1) is 12.0 Å². The second kappa shape index (κ2) is 8.32. The van der Waals surface area contributed by atoms with Gasteiger partial charge < -0.3 is 15.0 Å². The average molecular weight is 469 g/mol. The molecule has 0 spiro atoms. The van der Waals surface area contributed by atoms with Gasteiger partial charge in [0, 0.05) is 17.9 Å². The van der Waals surface area contributed by atoms with E-state index < -0.39 is 0 Å². The standard InChI is InChI=1S/C25H20FN7O2/c1-14-21-19(16-4-8-18(9-5-16)35-11-15-2-6-17(26)7-3-15)10-20(34)31-24(21)33(32-14)25-22-23(28-12-27-22)29-13-30-25/h2-9,12-13,19H,10-11H2,1H3,(H,31,34)(H,27,28,29,30)/t19-/m0/s1. The highest BCUT2D eigenvalue weighted by atomic mass is 19.1. The van der Waals surface area contributed by atoms with E-state index in [1.165, 1.54) is 18.5 Å². The molecule has 5 aromatic rings. The fourth-order valence-corrected chi connectivity index (χ4v) is 4.44. The van der Waals surface area contributed by atoms with Gasteiger partial charge in [-0.3, -0.25) is 4.79 Å². The molecular weight excluding hydrogens is 449 g/mol. The highest BCUT2D eigenvalue weighted by Gasteiger charge is 2.33. The molecule has 0 saturated carbocycles. The van der Waals surface area contributed by atoms with E-state index >= 15 is 0 Å². The number of amides is 1. The molecular formula is C25H20FN7O2. The number of hydrogen-bond acceptors (Lipinski definition) is 6. The van der Waals surface area contributed by atoms with Gasteiger partial charge in [-0.05, 0) is 42.3 Å². The number of H-pyrrole nitrogens is 1. The third kappa shape index (κ3) is 3.78. The van der Waals surface area contributed by atoms with Gasteiger partial charge in [-0.25, -0.2) is 19.3 Å². The molecule has 2 N–H and O–H groups in total. The first-order chi connectivity index (χ1) is 17.1. The van der Waals surface area contributed by atoms with Crippen molar-refractivity contribution in [2.45, 2.75) is 25.9 Å². The number of hydrogen-bond donors (Lipinski definition) is 2. The van der Waals surface area contributed by atoms with Crippen molar-refractivity contribution < 1.29 is 13.9 Å². The van der Waals surface area contributed by atoms with Crippen LogP contribution in [0, 0.1) is 12.7 Å². The summed E-state index contributed by atoms with van der Waals surface area (Å²) in [6, 6.07) is 13.9. The lowest BCUT2D eigenvalue weighted by molar-refractivity contribution is -0.116. The number of carbonyl (C=O) groups excluding carboxylic acids is 1. The van der Waals surface area contributed by atoms with Gasteiger partial charge >= 0.3 is 0 Å². The van der Waals surface area contributed by atoms with E-state index in [1.54, 1.807) is 23.1 Å². The minimum Gasteiger partial charge on any atom is -0.489 e. The van der Waals surface area contributed by atoms with Crippen LogP contribution in [0.25, 0.3) is 17.0 Å². The predicted molar refractivity (Wildman–Crippen MR) is 126 cm³/mol. The number of anilines is 1. The lowest BCUT2D eigenvalue weighted by Gasteiger charge is -2.24. The van der Waals surface area contributed by atoms with Gasteiger partial charge in [-0.1, -0.05) is 24.3 Å². The minimum absolute atomic E-state index is 0.102. The number of ether oxygens (including phenoxy) is 1. The van der Waals surface area contributed by atoms with Crippen molar-refractivity contribution in [3.05, 3.63) is 89.4 Å². The Hall–Kier alpha value is -4.60. The number of nitrogens with one attached hydrogen (secondary N) is 2. The molecule has 0 fully saturated rings. The predicted octanol–water partition coefficient (Wildman–Crippen LogP) is 4.04. The number of halogens is 1. The topological polar surface area (TPSA) is 111 Å². The van der Waals surface area contributed by atoms with Gasteiger partial charge in [0.25, 0.3) is 0 Å². The monoisotopic (exact) mass is 469 g/mol. The molecule has 4 heterocycles. The van der Waals surface area contributed by atoms with E-state index in [1.807, 2.05) is 31.2 Å². The van der Waals surface area contributed by atoms with E-state index in [0.29, 0.717) is 41.6 Å². The highest BCUT2D eigenvalue weighted by Crippen LogP contribution is 2.40. The number of aryl methyl sites for hydroxylation is 1. The Morgan fingerprint density at radius 1 is 1.09 bits per heavy atom. The zero-order valence-electron chi connectivity index (χ0n) is 18.7. The Kier molecular flexibility index (Phi) is 4.98. The van der Waals surface area contributed by atoms with Crippen LogP contribution in [-0.2, 0) is 11.4 Å². The fraction of sp³-hybridized carbons (Fsp3) is 0.160. The van der Waals surface area contributed by atoms with E-state index in [2.05, 4.69) is 25.3 Å². The molecule has 1 amide bonds. The van der Waals surface area contributed by atoms with Crippen LogP contribution in [0.5, 0.6) is 5.75 Å². The largest absolute Gasteiger partial charge is 0.489 e. The molecule has 1 atom stereocenters. The Morgan fingerprint density at radius 2 is 1.89 bits per heavy atom. The van der Waals surface area contributed by atoms with Crippen LogP contribution in [-0.4, -0.2) is 35.6 Å². The van der Waals surface area contributed by atoms with Gasteiger partial charge in [0.2, 0.25) is 5.91 Å². The number of nitrogens with zero attached hydrogens (tertiary/aromatic N) is 5. The second-order valence-corrected chi connectivity index (χ2v) is 8.35. The number of carbonyl (C=O) groups is 1. The van der Waals surface area contributed by atoms with E-state index in [0.717, 1.165) is 22.4 Å². The van der Waals surface area contributed by atoms with Gasteiger partial charge in [-0.2, -0.15) is 9.78 Å². The average Bonchev–Trinajstić information content (AvgIpc) is 3.48. The summed E-state index contributed by atoms with van der Waals surface area (Å²) in [5.74, 6) is 1.25. The molecule has 35 heavy (non-hydrogen) atoms. The van der Waals surface area contributed by atoms with Crippen LogP contribution in [0.1, 0.15) is 34.7 Å². The van der Waals surface area contributed by atoms with Gasteiger partial charge in [0.1, 0.15) is 35.8 Å².